The van der Waals surface area contributed by atoms with Crippen LogP contribution < -0.4 is 4.74 Å². The van der Waals surface area contributed by atoms with Crippen molar-refractivity contribution in [2.45, 2.75) is 48.9 Å². The zero-order chi connectivity index (χ0) is 22.6. The lowest BCUT2D eigenvalue weighted by atomic mass is 9.96. The molecule has 0 aliphatic carbocycles. The van der Waals surface area contributed by atoms with Gasteiger partial charge < -0.3 is 19.5 Å². The highest BCUT2D eigenvalue weighted by molar-refractivity contribution is 8.01. The van der Waals surface area contributed by atoms with Crippen LogP contribution in [-0.4, -0.2) is 45.5 Å². The lowest BCUT2D eigenvalue weighted by molar-refractivity contribution is -0.141. The Hall–Kier alpha value is -2.38. The highest BCUT2D eigenvalue weighted by atomic mass is 35.5. The number of piperidine rings is 1. The van der Waals surface area contributed by atoms with Gasteiger partial charge in [0, 0.05) is 23.0 Å². The Bertz CT molecular complexity index is 916. The normalized spacial score (nSPS) is 15.9. The average Bonchev–Trinajstić information content (AvgIpc) is 2.70. The molecule has 0 radical (unpaired) electrons. The number of ether oxygens (including phenoxy) is 2. The van der Waals surface area contributed by atoms with E-state index in [0.717, 1.165) is 4.90 Å². The largest absolute Gasteiger partial charge is 0.480 e. The molecule has 6 nitrogen and oxygen atoms in total. The molecule has 3 rings (SSSR count). The van der Waals surface area contributed by atoms with Gasteiger partial charge in [0.15, 0.2) is 0 Å². The average molecular weight is 464 g/mol. The number of hydrogen-bond donors (Lipinski definition) is 1. The van der Waals surface area contributed by atoms with Crippen molar-refractivity contribution in [2.75, 3.05) is 13.1 Å². The number of benzene rings is 2. The van der Waals surface area contributed by atoms with E-state index < -0.39 is 22.4 Å². The van der Waals surface area contributed by atoms with E-state index in [1.165, 1.54) is 11.8 Å². The number of likely N-dealkylation sites (tertiary alicyclic amines) is 1. The van der Waals surface area contributed by atoms with Crippen molar-refractivity contribution in [1.82, 2.24) is 4.90 Å². The number of carbonyl (C=O) groups is 2. The first-order valence-corrected chi connectivity index (χ1v) is 11.2. The fraction of sp³-hybridized carbons (Fsp3) is 0.391. The first-order chi connectivity index (χ1) is 14.6. The summed E-state index contributed by atoms with van der Waals surface area (Å²) in [6.45, 7) is 6.11. The van der Waals surface area contributed by atoms with Crippen LogP contribution in [0.2, 0.25) is 5.02 Å². The third-order valence-corrected chi connectivity index (χ3v) is 6.53. The second-order valence-corrected chi connectivity index (χ2v) is 10.3. The van der Waals surface area contributed by atoms with Gasteiger partial charge in [0.05, 0.1) is 0 Å². The summed E-state index contributed by atoms with van der Waals surface area (Å²) in [6, 6.07) is 14.4. The summed E-state index contributed by atoms with van der Waals surface area (Å²) in [5, 5.41) is 10.6. The maximum absolute atomic E-state index is 12.3. The summed E-state index contributed by atoms with van der Waals surface area (Å²) in [4.78, 5) is 26.8. The van der Waals surface area contributed by atoms with E-state index in [9.17, 15) is 14.7 Å². The zero-order valence-electron chi connectivity index (χ0n) is 17.8. The molecule has 0 atom stereocenters. The number of carboxylic acids is 1. The number of halogens is 1. The second-order valence-electron chi connectivity index (χ2n) is 8.40. The van der Waals surface area contributed by atoms with Crippen molar-refractivity contribution in [2.24, 2.45) is 0 Å². The highest BCUT2D eigenvalue weighted by Gasteiger charge is 2.44. The Morgan fingerprint density at radius 3 is 2.00 bits per heavy atom. The van der Waals surface area contributed by atoms with E-state index in [1.54, 1.807) is 29.2 Å². The smallest absolute Gasteiger partial charge is 0.410 e. The summed E-state index contributed by atoms with van der Waals surface area (Å²) in [5.74, 6) is 0.444. The van der Waals surface area contributed by atoms with Crippen LogP contribution in [0.25, 0.3) is 0 Å². The molecule has 31 heavy (non-hydrogen) atoms. The molecule has 1 N–H and O–H groups in total. The van der Waals surface area contributed by atoms with E-state index in [4.69, 9.17) is 21.1 Å². The SMILES string of the molecule is CC(C)(C)OC(=O)N1CCC(Sc2ccc(Oc3ccc(Cl)cc3)cc2)(C(=O)O)CC1. The summed E-state index contributed by atoms with van der Waals surface area (Å²) >= 11 is 7.20. The van der Waals surface area contributed by atoms with Gasteiger partial charge in [-0.2, -0.15) is 0 Å². The number of rotatable bonds is 5. The molecule has 1 amide bonds. The minimum Gasteiger partial charge on any atom is -0.480 e. The number of nitrogens with zero attached hydrogens (tertiary/aromatic N) is 1. The monoisotopic (exact) mass is 463 g/mol. The fourth-order valence-corrected chi connectivity index (χ4v) is 4.50. The standard InChI is InChI=1S/C23H26ClNO5S/c1-22(2,3)30-21(28)25-14-12-23(13-15-25,20(26)27)31-19-10-8-18(9-11-19)29-17-6-4-16(24)5-7-17/h4-11H,12-15H2,1-3H3,(H,26,27). The van der Waals surface area contributed by atoms with Crippen LogP contribution >= 0.6 is 23.4 Å². The maximum Gasteiger partial charge on any atom is 0.410 e. The first-order valence-electron chi connectivity index (χ1n) is 10.0. The first kappa shape index (κ1) is 23.3. The van der Waals surface area contributed by atoms with Crippen molar-refractivity contribution in [3.05, 3.63) is 53.6 Å². The van der Waals surface area contributed by atoms with Gasteiger partial charge in [-0.1, -0.05) is 11.6 Å². The number of aliphatic carboxylic acids is 1. The third kappa shape index (κ3) is 6.31. The van der Waals surface area contributed by atoms with Gasteiger partial charge >= 0.3 is 12.1 Å². The van der Waals surface area contributed by atoms with Gasteiger partial charge in [0.2, 0.25) is 0 Å². The van der Waals surface area contributed by atoms with Crippen molar-refractivity contribution in [1.29, 1.82) is 0 Å². The van der Waals surface area contributed by atoms with Crippen molar-refractivity contribution in [3.8, 4) is 11.5 Å². The lowest BCUT2D eigenvalue weighted by Gasteiger charge is -2.38. The summed E-state index contributed by atoms with van der Waals surface area (Å²) in [5.41, 5.74) is -0.580. The van der Waals surface area contributed by atoms with E-state index in [2.05, 4.69) is 0 Å². The second kappa shape index (κ2) is 9.40. The molecule has 0 saturated carbocycles. The molecular weight excluding hydrogens is 438 g/mol. The lowest BCUT2D eigenvalue weighted by Crippen LogP contribution is -2.50. The summed E-state index contributed by atoms with van der Waals surface area (Å²) in [6.07, 6.45) is 0.282. The quantitative estimate of drug-likeness (QED) is 0.579. The van der Waals surface area contributed by atoms with Crippen LogP contribution in [0.15, 0.2) is 53.4 Å². The molecule has 166 valence electrons. The molecule has 0 aromatic heterocycles. The number of amides is 1. The number of thioether (sulfide) groups is 1. The molecule has 0 unspecified atom stereocenters. The van der Waals surface area contributed by atoms with Crippen LogP contribution in [0.1, 0.15) is 33.6 Å². The number of hydrogen-bond acceptors (Lipinski definition) is 5. The molecule has 0 spiro atoms. The van der Waals surface area contributed by atoms with E-state index >= 15 is 0 Å². The number of carboxylic acid groups (broad SMARTS) is 1. The van der Waals surface area contributed by atoms with Crippen LogP contribution in [0.4, 0.5) is 4.79 Å². The van der Waals surface area contributed by atoms with Crippen molar-refractivity contribution >= 4 is 35.4 Å². The van der Waals surface area contributed by atoms with Gasteiger partial charge in [-0.15, -0.1) is 11.8 Å². The fourth-order valence-electron chi connectivity index (χ4n) is 3.18. The van der Waals surface area contributed by atoms with Gasteiger partial charge in [-0.25, -0.2) is 4.79 Å². The predicted molar refractivity (Wildman–Crippen MR) is 121 cm³/mol. The Kier molecular flexibility index (Phi) is 7.06. The maximum atomic E-state index is 12.3. The van der Waals surface area contributed by atoms with Gasteiger partial charge in [0.25, 0.3) is 0 Å². The molecule has 0 bridgehead atoms. The Balaban J connectivity index is 1.63. The Morgan fingerprint density at radius 2 is 1.52 bits per heavy atom. The van der Waals surface area contributed by atoms with Crippen molar-refractivity contribution < 1.29 is 24.2 Å². The topological polar surface area (TPSA) is 76.1 Å². The van der Waals surface area contributed by atoms with E-state index in [-0.39, 0.29) is 0 Å². The van der Waals surface area contributed by atoms with Gasteiger partial charge in [-0.05, 0) is 82.1 Å². The van der Waals surface area contributed by atoms with Crippen LogP contribution in [-0.2, 0) is 9.53 Å². The zero-order valence-corrected chi connectivity index (χ0v) is 19.3. The Morgan fingerprint density at radius 1 is 1.00 bits per heavy atom. The molecule has 1 saturated heterocycles. The molecule has 1 aliphatic heterocycles. The summed E-state index contributed by atoms with van der Waals surface area (Å²) in [7, 11) is 0. The molecular formula is C23H26ClNO5S. The molecule has 2 aromatic carbocycles. The van der Waals surface area contributed by atoms with Crippen LogP contribution in [0.5, 0.6) is 11.5 Å². The minimum atomic E-state index is -0.989. The summed E-state index contributed by atoms with van der Waals surface area (Å²) < 4.78 is 10.2. The molecule has 1 heterocycles. The Labute approximate surface area is 191 Å². The van der Waals surface area contributed by atoms with Gasteiger partial charge in [-0.3, -0.25) is 4.79 Å². The number of carbonyl (C=O) groups excluding carboxylic acids is 1. The predicted octanol–water partition coefficient (Wildman–Crippen LogP) is 6.08. The minimum absolute atomic E-state index is 0.339. The van der Waals surface area contributed by atoms with Crippen molar-refractivity contribution in [3.63, 3.8) is 0 Å². The van der Waals surface area contributed by atoms with E-state index in [0.29, 0.717) is 42.5 Å². The molecule has 1 fully saturated rings. The third-order valence-electron chi connectivity index (χ3n) is 4.80. The molecule has 1 aliphatic rings. The highest BCUT2D eigenvalue weighted by Crippen LogP contribution is 2.42. The molecule has 8 heteroatoms. The van der Waals surface area contributed by atoms with Crippen LogP contribution in [0, 0.1) is 0 Å². The van der Waals surface area contributed by atoms with E-state index in [1.807, 2.05) is 45.0 Å². The van der Waals surface area contributed by atoms with Crippen LogP contribution in [0.3, 0.4) is 0 Å². The van der Waals surface area contributed by atoms with Gasteiger partial charge in [0.1, 0.15) is 21.8 Å². The molecule has 2 aromatic rings.